The van der Waals surface area contributed by atoms with Crippen molar-refractivity contribution in [2.45, 2.75) is 405 Å². The maximum atomic E-state index is 12.6. The van der Waals surface area contributed by atoms with Gasteiger partial charge in [-0.2, -0.15) is 0 Å². The number of carbonyl (C=O) groups excluding carboxylic acids is 1. The Kier molecular flexibility index (Phi) is 61.8. The van der Waals surface area contributed by atoms with Crippen LogP contribution in [0.25, 0.3) is 0 Å². The monoisotopic (exact) mass is 1020 g/mol. The van der Waals surface area contributed by atoms with Crippen LogP contribution in [0.3, 0.4) is 0 Å². The Morgan fingerprint density at radius 3 is 0.764 bits per heavy atom. The first kappa shape index (κ1) is 71.1. The molecule has 3 atom stereocenters. The number of unbranched alkanes of at least 4 members (excludes halogenated alkanes) is 55. The first-order valence-electron chi connectivity index (χ1n) is 33.5. The smallest absolute Gasteiger partial charge is 0.249 e. The van der Waals surface area contributed by atoms with E-state index in [1.807, 2.05) is 6.08 Å². The molecule has 0 radical (unpaired) electrons. The van der Waals surface area contributed by atoms with Gasteiger partial charge in [0.15, 0.2) is 0 Å². The number of rotatable bonds is 63. The van der Waals surface area contributed by atoms with Gasteiger partial charge >= 0.3 is 0 Å². The van der Waals surface area contributed by atoms with Crippen molar-refractivity contribution in [3.63, 3.8) is 0 Å². The Labute approximate surface area is 452 Å². The molecule has 0 aromatic carbocycles. The summed E-state index contributed by atoms with van der Waals surface area (Å²) in [7, 11) is 0. The fourth-order valence-electron chi connectivity index (χ4n) is 11.0. The van der Waals surface area contributed by atoms with Crippen LogP contribution in [0.2, 0.25) is 0 Å². The number of aliphatic hydroxyl groups is 3. The second kappa shape index (κ2) is 62.6. The molecule has 5 nitrogen and oxygen atoms in total. The minimum Gasteiger partial charge on any atom is -0.394 e. The molecule has 0 spiro atoms. The first-order chi connectivity index (χ1) is 35.6. The summed E-state index contributed by atoms with van der Waals surface area (Å²) in [6.45, 7) is 4.24. The van der Waals surface area contributed by atoms with Crippen LogP contribution in [0.5, 0.6) is 0 Å². The summed E-state index contributed by atoms with van der Waals surface area (Å²) in [6, 6.07) is -0.795. The van der Waals surface area contributed by atoms with E-state index in [4.69, 9.17) is 0 Å². The van der Waals surface area contributed by atoms with Crippen LogP contribution in [0.1, 0.15) is 386 Å². The molecule has 4 N–H and O–H groups in total. The van der Waals surface area contributed by atoms with Gasteiger partial charge in [-0.25, -0.2) is 0 Å². The Morgan fingerprint density at radius 1 is 0.333 bits per heavy atom. The maximum Gasteiger partial charge on any atom is 0.249 e. The number of hydrogen-bond donors (Lipinski definition) is 4. The van der Waals surface area contributed by atoms with Crippen LogP contribution in [-0.4, -0.2) is 46.1 Å². The number of nitrogens with one attached hydrogen (secondary N) is 1. The summed E-state index contributed by atoms with van der Waals surface area (Å²) >= 11 is 0. The minimum absolute atomic E-state index is 0.358. The Bertz CT molecular complexity index is 1030. The van der Waals surface area contributed by atoms with Crippen LogP contribution in [0, 0.1) is 0 Å². The predicted octanol–water partition coefficient (Wildman–Crippen LogP) is 21.4. The van der Waals surface area contributed by atoms with E-state index in [9.17, 15) is 20.1 Å². The van der Waals surface area contributed by atoms with Crippen LogP contribution in [0.15, 0.2) is 12.2 Å². The molecule has 430 valence electrons. The van der Waals surface area contributed by atoms with Crippen molar-refractivity contribution in [1.29, 1.82) is 0 Å². The van der Waals surface area contributed by atoms with Crippen molar-refractivity contribution in [3.8, 4) is 0 Å². The van der Waals surface area contributed by atoms with Crippen LogP contribution in [-0.2, 0) is 4.79 Å². The van der Waals surface area contributed by atoms with Gasteiger partial charge in [0.1, 0.15) is 6.10 Å². The van der Waals surface area contributed by atoms with E-state index < -0.39 is 24.2 Å². The van der Waals surface area contributed by atoms with Gasteiger partial charge < -0.3 is 20.6 Å². The molecule has 0 aliphatic heterocycles. The standard InChI is InChI=1S/C67H133NO4/c1-3-5-7-9-11-13-15-17-19-21-23-25-27-29-30-31-32-33-34-35-36-37-38-40-42-44-46-48-50-52-54-56-58-60-62-66(71)67(72)68-64(63-69)65(70)61-59-57-55-53-51-49-47-45-43-41-39-28-26-24-22-20-18-16-14-12-10-8-6-4-2/h59,61,64-66,69-71H,3-58,60,62-63H2,1-2H3,(H,68,72)/b61-59+. The maximum absolute atomic E-state index is 12.6. The average molecular weight is 1020 g/mol. The van der Waals surface area contributed by atoms with Crippen molar-refractivity contribution < 1.29 is 20.1 Å². The van der Waals surface area contributed by atoms with E-state index in [0.717, 1.165) is 32.1 Å². The number of allylic oxidation sites excluding steroid dienone is 1. The molecule has 3 unspecified atom stereocenters. The molecule has 0 rings (SSSR count). The largest absolute Gasteiger partial charge is 0.394 e. The number of carbonyl (C=O) groups is 1. The molecule has 0 saturated heterocycles. The second-order valence-corrected chi connectivity index (χ2v) is 23.4. The van der Waals surface area contributed by atoms with Crippen LogP contribution < -0.4 is 5.32 Å². The normalized spacial score (nSPS) is 13.1. The van der Waals surface area contributed by atoms with Crippen molar-refractivity contribution in [3.05, 3.63) is 12.2 Å². The molecule has 0 aromatic rings. The lowest BCUT2D eigenvalue weighted by Crippen LogP contribution is -2.48. The average Bonchev–Trinajstić information content (AvgIpc) is 3.39. The second-order valence-electron chi connectivity index (χ2n) is 23.4. The summed E-state index contributed by atoms with van der Waals surface area (Å²) in [5.74, 6) is -0.493. The molecular weight excluding hydrogens is 883 g/mol. The highest BCUT2D eigenvalue weighted by atomic mass is 16.3. The summed E-state index contributed by atoms with van der Waals surface area (Å²) < 4.78 is 0. The highest BCUT2D eigenvalue weighted by Crippen LogP contribution is 2.19. The zero-order chi connectivity index (χ0) is 52.2. The lowest BCUT2D eigenvalue weighted by atomic mass is 10.0. The van der Waals surface area contributed by atoms with E-state index in [1.54, 1.807) is 6.08 Å². The third-order valence-corrected chi connectivity index (χ3v) is 16.1. The lowest BCUT2D eigenvalue weighted by Gasteiger charge is -2.21. The number of hydrogen-bond acceptors (Lipinski definition) is 4. The number of aliphatic hydroxyl groups excluding tert-OH is 3. The van der Waals surface area contributed by atoms with Crippen molar-refractivity contribution in [2.24, 2.45) is 0 Å². The number of amides is 1. The zero-order valence-corrected chi connectivity index (χ0v) is 49.4. The molecule has 0 bridgehead atoms. The SMILES string of the molecule is CCCCCCCCCCCCCCCCCCCCCCCC/C=C/C(O)C(CO)NC(=O)C(O)CCCCCCCCCCCCCCCCCCCCCCCCCCCCCCCCCCCC. The van der Waals surface area contributed by atoms with Gasteiger partial charge in [-0.05, 0) is 19.3 Å². The van der Waals surface area contributed by atoms with Gasteiger partial charge in [0.05, 0.1) is 18.8 Å². The van der Waals surface area contributed by atoms with Crippen molar-refractivity contribution >= 4 is 5.91 Å². The molecule has 0 aliphatic carbocycles. The van der Waals surface area contributed by atoms with E-state index in [2.05, 4.69) is 19.2 Å². The van der Waals surface area contributed by atoms with Gasteiger partial charge in [-0.1, -0.05) is 379 Å². The molecule has 0 aliphatic rings. The Hall–Kier alpha value is -0.910. The van der Waals surface area contributed by atoms with E-state index in [-0.39, 0.29) is 6.61 Å². The van der Waals surface area contributed by atoms with Crippen LogP contribution in [0.4, 0.5) is 0 Å². The van der Waals surface area contributed by atoms with Gasteiger partial charge in [0, 0.05) is 0 Å². The third kappa shape index (κ3) is 56.8. The molecule has 0 aromatic heterocycles. The summed E-state index contributed by atoms with van der Waals surface area (Å²) in [5.41, 5.74) is 0. The highest BCUT2D eigenvalue weighted by Gasteiger charge is 2.22. The summed E-state index contributed by atoms with van der Waals surface area (Å²) in [4.78, 5) is 12.6. The molecule has 0 heterocycles. The molecule has 0 saturated carbocycles. The molecular formula is C67H133NO4. The fourth-order valence-corrected chi connectivity index (χ4v) is 11.0. The fraction of sp³-hybridized carbons (Fsp3) is 0.955. The molecule has 72 heavy (non-hydrogen) atoms. The summed E-state index contributed by atoms with van der Waals surface area (Å²) in [6.07, 6.45) is 80.6. The third-order valence-electron chi connectivity index (χ3n) is 16.1. The topological polar surface area (TPSA) is 89.8 Å². The van der Waals surface area contributed by atoms with Gasteiger partial charge in [-0.3, -0.25) is 4.79 Å². The van der Waals surface area contributed by atoms with Gasteiger partial charge in [0.2, 0.25) is 5.91 Å². The Balaban J connectivity index is 3.46. The molecule has 5 heteroatoms. The molecule has 1 amide bonds. The molecule has 0 fully saturated rings. The van der Waals surface area contributed by atoms with Gasteiger partial charge in [-0.15, -0.1) is 0 Å². The zero-order valence-electron chi connectivity index (χ0n) is 49.4. The van der Waals surface area contributed by atoms with E-state index in [0.29, 0.717) is 6.42 Å². The van der Waals surface area contributed by atoms with Crippen molar-refractivity contribution in [1.82, 2.24) is 5.32 Å². The lowest BCUT2D eigenvalue weighted by molar-refractivity contribution is -0.131. The Morgan fingerprint density at radius 2 is 0.542 bits per heavy atom. The van der Waals surface area contributed by atoms with E-state index >= 15 is 0 Å². The van der Waals surface area contributed by atoms with Crippen LogP contribution >= 0.6 is 0 Å². The predicted molar refractivity (Wildman–Crippen MR) is 319 cm³/mol. The van der Waals surface area contributed by atoms with Gasteiger partial charge in [0.25, 0.3) is 0 Å². The first-order valence-corrected chi connectivity index (χ1v) is 33.5. The highest BCUT2D eigenvalue weighted by molar-refractivity contribution is 5.80. The quantitative estimate of drug-likeness (QED) is 0.0361. The van der Waals surface area contributed by atoms with E-state index in [1.165, 1.54) is 334 Å². The van der Waals surface area contributed by atoms with Crippen molar-refractivity contribution in [2.75, 3.05) is 6.61 Å². The summed E-state index contributed by atoms with van der Waals surface area (Å²) in [5, 5.41) is 33.5. The minimum atomic E-state index is -1.09.